The number of aliphatic hydroxyl groups is 1. The first-order valence-electron chi connectivity index (χ1n) is 15.8. The minimum absolute atomic E-state index is 0.0424. The van der Waals surface area contributed by atoms with Crippen LogP contribution in [0.5, 0.6) is 5.75 Å². The van der Waals surface area contributed by atoms with Crippen LogP contribution >= 0.6 is 11.6 Å². The molecule has 0 unspecified atom stereocenters. The quantitative estimate of drug-likeness (QED) is 0.284. The van der Waals surface area contributed by atoms with E-state index in [2.05, 4.69) is 35.7 Å². The van der Waals surface area contributed by atoms with E-state index >= 15 is 0 Å². The van der Waals surface area contributed by atoms with Gasteiger partial charge in [0.05, 0.1) is 35.3 Å². The SMILES string of the molecule is C[C@@H]1CN([C@H](C)CO)C(=O)c2cc(NS(=O)(=O)c3ccc(Cl)cc3)ccc2O[C@@H](C)CCCCO[C@@H]1CN(C)Cc1ccccc1. The fourth-order valence-electron chi connectivity index (χ4n) is 5.54. The molecule has 4 rings (SSSR count). The average molecular weight is 672 g/mol. The number of likely N-dealkylation sites (N-methyl/N-ethyl adjacent to an activating group) is 1. The van der Waals surface area contributed by atoms with Crippen LogP contribution in [0, 0.1) is 5.92 Å². The lowest BCUT2D eigenvalue weighted by Gasteiger charge is -2.36. The number of rotatable bonds is 9. The molecular formula is C35H46ClN3O6S. The number of amides is 1. The smallest absolute Gasteiger partial charge is 0.261 e. The maximum absolute atomic E-state index is 14.3. The number of nitrogens with zero attached hydrogens (tertiary/aromatic N) is 2. The third-order valence-corrected chi connectivity index (χ3v) is 9.86. The van der Waals surface area contributed by atoms with Gasteiger partial charge >= 0.3 is 0 Å². The largest absolute Gasteiger partial charge is 0.490 e. The van der Waals surface area contributed by atoms with Crippen molar-refractivity contribution in [3.05, 3.63) is 88.9 Å². The summed E-state index contributed by atoms with van der Waals surface area (Å²) >= 11 is 5.95. The molecule has 46 heavy (non-hydrogen) atoms. The summed E-state index contributed by atoms with van der Waals surface area (Å²) in [5.41, 5.74) is 1.64. The molecule has 1 aliphatic rings. The minimum Gasteiger partial charge on any atom is -0.490 e. The third kappa shape index (κ3) is 9.92. The third-order valence-electron chi connectivity index (χ3n) is 8.21. The van der Waals surface area contributed by atoms with Crippen molar-refractivity contribution in [1.82, 2.24) is 9.80 Å². The number of halogens is 1. The van der Waals surface area contributed by atoms with Gasteiger partial charge in [-0.3, -0.25) is 14.4 Å². The van der Waals surface area contributed by atoms with E-state index in [1.54, 1.807) is 24.0 Å². The van der Waals surface area contributed by atoms with Crippen LogP contribution in [0.25, 0.3) is 0 Å². The topological polar surface area (TPSA) is 108 Å². The molecule has 9 nitrogen and oxygen atoms in total. The molecule has 0 bridgehead atoms. The number of benzene rings is 3. The molecule has 0 fully saturated rings. The van der Waals surface area contributed by atoms with Crippen molar-refractivity contribution < 1.29 is 27.8 Å². The van der Waals surface area contributed by atoms with Gasteiger partial charge in [-0.1, -0.05) is 48.9 Å². The van der Waals surface area contributed by atoms with E-state index in [0.717, 1.165) is 25.8 Å². The molecule has 0 radical (unpaired) electrons. The monoisotopic (exact) mass is 671 g/mol. The van der Waals surface area contributed by atoms with Gasteiger partial charge in [0, 0.05) is 42.9 Å². The van der Waals surface area contributed by atoms with Crippen molar-refractivity contribution in [2.24, 2.45) is 5.92 Å². The molecule has 0 aromatic heterocycles. The molecular weight excluding hydrogens is 626 g/mol. The van der Waals surface area contributed by atoms with Crippen LogP contribution < -0.4 is 9.46 Å². The van der Waals surface area contributed by atoms with E-state index in [-0.39, 0.29) is 46.8 Å². The molecule has 250 valence electrons. The van der Waals surface area contributed by atoms with Crippen molar-refractivity contribution >= 4 is 33.2 Å². The lowest BCUT2D eigenvalue weighted by atomic mass is 10.0. The number of nitrogens with one attached hydrogen (secondary N) is 1. The van der Waals surface area contributed by atoms with Crippen LogP contribution in [0.15, 0.2) is 77.7 Å². The summed E-state index contributed by atoms with van der Waals surface area (Å²) in [5, 5.41) is 10.6. The van der Waals surface area contributed by atoms with E-state index in [0.29, 0.717) is 30.5 Å². The zero-order chi connectivity index (χ0) is 33.3. The second-order valence-corrected chi connectivity index (χ2v) is 14.4. The Labute approximate surface area is 278 Å². The van der Waals surface area contributed by atoms with Gasteiger partial charge in [0.25, 0.3) is 15.9 Å². The van der Waals surface area contributed by atoms with Crippen molar-refractivity contribution in [3.63, 3.8) is 0 Å². The number of aliphatic hydroxyl groups excluding tert-OH is 1. The van der Waals surface area contributed by atoms with Gasteiger partial charge in [-0.05, 0) is 88.2 Å². The first-order chi connectivity index (χ1) is 22.0. The number of hydrogen-bond donors (Lipinski definition) is 2. The average Bonchev–Trinajstić information content (AvgIpc) is 3.03. The molecule has 3 aromatic rings. The Morgan fingerprint density at radius 3 is 2.48 bits per heavy atom. The van der Waals surface area contributed by atoms with Gasteiger partial charge in [-0.25, -0.2) is 8.42 Å². The highest BCUT2D eigenvalue weighted by atomic mass is 35.5. The van der Waals surface area contributed by atoms with Crippen LogP contribution in [0.3, 0.4) is 0 Å². The first kappa shape index (κ1) is 35.7. The number of hydrogen-bond acceptors (Lipinski definition) is 7. The summed E-state index contributed by atoms with van der Waals surface area (Å²) in [6.45, 7) is 7.91. The van der Waals surface area contributed by atoms with Crippen LogP contribution in [-0.4, -0.2) is 80.8 Å². The standard InChI is InChI=1S/C35H46ClN3O6S/c1-25-21-39(26(2)24-40)35(41)32-20-30(37-46(42,43)31-16-13-29(36)14-17-31)15-18-33(32)45-27(3)10-8-9-19-44-34(25)23-38(4)22-28-11-6-5-7-12-28/h5-7,11-18,20,25-27,34,37,40H,8-10,19,21-24H2,1-4H3/t25-,26-,27+,34-/m1/s1. The second-order valence-electron chi connectivity index (χ2n) is 12.3. The summed E-state index contributed by atoms with van der Waals surface area (Å²) in [7, 11) is -1.89. The molecule has 0 aliphatic carbocycles. The normalized spacial score (nSPS) is 20.8. The lowest BCUT2D eigenvalue weighted by Crippen LogP contribution is -2.47. The molecule has 3 aromatic carbocycles. The summed E-state index contributed by atoms with van der Waals surface area (Å²) in [6, 6.07) is 20.3. The number of carbonyl (C=O) groups excluding carboxylic acids is 1. The number of ether oxygens (including phenoxy) is 2. The van der Waals surface area contributed by atoms with Crippen molar-refractivity contribution in [2.45, 2.75) is 69.7 Å². The molecule has 4 atom stereocenters. The van der Waals surface area contributed by atoms with Gasteiger partial charge in [-0.2, -0.15) is 0 Å². The van der Waals surface area contributed by atoms with Crippen molar-refractivity contribution in [3.8, 4) is 5.75 Å². The zero-order valence-corrected chi connectivity index (χ0v) is 28.6. The highest BCUT2D eigenvalue weighted by Gasteiger charge is 2.30. The van der Waals surface area contributed by atoms with Gasteiger partial charge in [0.2, 0.25) is 0 Å². The van der Waals surface area contributed by atoms with Gasteiger partial charge in [0.1, 0.15) is 5.75 Å². The van der Waals surface area contributed by atoms with E-state index < -0.39 is 16.1 Å². The maximum Gasteiger partial charge on any atom is 0.261 e. The Bertz CT molecular complexity index is 1520. The predicted molar refractivity (Wildman–Crippen MR) is 182 cm³/mol. The summed E-state index contributed by atoms with van der Waals surface area (Å²) in [5.74, 6) is -0.0761. The lowest BCUT2D eigenvalue weighted by molar-refractivity contribution is -0.0177. The Balaban J connectivity index is 1.64. The number of carbonyl (C=O) groups is 1. The van der Waals surface area contributed by atoms with E-state index in [1.165, 1.54) is 35.9 Å². The Morgan fingerprint density at radius 1 is 1.07 bits per heavy atom. The number of fused-ring (bicyclic) bond motifs is 1. The number of anilines is 1. The summed E-state index contributed by atoms with van der Waals surface area (Å²) in [4.78, 5) is 18.2. The van der Waals surface area contributed by atoms with Gasteiger partial charge in [-0.15, -0.1) is 0 Å². The Hall–Kier alpha value is -3.15. The molecule has 0 saturated heterocycles. The molecule has 11 heteroatoms. The first-order valence-corrected chi connectivity index (χ1v) is 17.7. The fourth-order valence-corrected chi connectivity index (χ4v) is 6.72. The Morgan fingerprint density at radius 2 is 1.78 bits per heavy atom. The zero-order valence-electron chi connectivity index (χ0n) is 27.1. The van der Waals surface area contributed by atoms with E-state index in [4.69, 9.17) is 21.1 Å². The van der Waals surface area contributed by atoms with E-state index in [1.807, 2.05) is 25.1 Å². The van der Waals surface area contributed by atoms with Crippen LogP contribution in [-0.2, 0) is 21.3 Å². The summed E-state index contributed by atoms with van der Waals surface area (Å²) in [6.07, 6.45) is 2.16. The van der Waals surface area contributed by atoms with Crippen LogP contribution in [0.1, 0.15) is 56.0 Å². The molecule has 2 N–H and O–H groups in total. The second kappa shape index (κ2) is 16.6. The maximum atomic E-state index is 14.3. The molecule has 0 saturated carbocycles. The summed E-state index contributed by atoms with van der Waals surface area (Å²) < 4.78 is 41.6. The van der Waals surface area contributed by atoms with Crippen LogP contribution in [0.2, 0.25) is 5.02 Å². The highest BCUT2D eigenvalue weighted by Crippen LogP contribution is 2.30. The minimum atomic E-state index is -3.95. The van der Waals surface area contributed by atoms with E-state index in [9.17, 15) is 18.3 Å². The molecule has 1 aliphatic heterocycles. The number of sulfonamides is 1. The Kier molecular flexibility index (Phi) is 12.9. The van der Waals surface area contributed by atoms with Gasteiger partial charge < -0.3 is 19.5 Å². The van der Waals surface area contributed by atoms with Gasteiger partial charge in [0.15, 0.2) is 0 Å². The fraction of sp³-hybridized carbons (Fsp3) is 0.457. The predicted octanol–water partition coefficient (Wildman–Crippen LogP) is 6.07. The molecule has 0 spiro atoms. The molecule has 1 heterocycles. The molecule has 1 amide bonds. The highest BCUT2D eigenvalue weighted by molar-refractivity contribution is 7.92. The van der Waals surface area contributed by atoms with Crippen molar-refractivity contribution in [2.75, 3.05) is 38.1 Å². The van der Waals surface area contributed by atoms with Crippen LogP contribution in [0.4, 0.5) is 5.69 Å². The van der Waals surface area contributed by atoms with Crippen molar-refractivity contribution in [1.29, 1.82) is 0 Å².